The van der Waals surface area contributed by atoms with Crippen molar-refractivity contribution < 1.29 is 4.74 Å². The highest BCUT2D eigenvalue weighted by molar-refractivity contribution is 4.79. The van der Waals surface area contributed by atoms with Gasteiger partial charge in [-0.25, -0.2) is 0 Å². The van der Waals surface area contributed by atoms with Gasteiger partial charge in [0.1, 0.15) is 0 Å². The molecule has 1 heterocycles. The van der Waals surface area contributed by atoms with E-state index in [1.807, 2.05) is 0 Å². The lowest BCUT2D eigenvalue weighted by molar-refractivity contribution is 0.110. The maximum Gasteiger partial charge on any atom is 0.0478 e. The Morgan fingerprint density at radius 3 is 2.78 bits per heavy atom. The summed E-state index contributed by atoms with van der Waals surface area (Å²) in [6, 6.07) is 0.694. The van der Waals surface area contributed by atoms with E-state index in [0.29, 0.717) is 6.04 Å². The lowest BCUT2D eigenvalue weighted by atomic mass is 10.0. The summed E-state index contributed by atoms with van der Waals surface area (Å²) in [6.45, 7) is 13.4. The van der Waals surface area contributed by atoms with Gasteiger partial charge in [-0.1, -0.05) is 27.2 Å². The number of piperazine rings is 1. The average Bonchev–Trinajstić information content (AvgIpc) is 2.33. The highest BCUT2D eigenvalue weighted by Crippen LogP contribution is 2.09. The van der Waals surface area contributed by atoms with E-state index in [-0.39, 0.29) is 0 Å². The Bertz CT molecular complexity index is 197. The van der Waals surface area contributed by atoms with Crippen LogP contribution in [0.4, 0.5) is 0 Å². The zero-order chi connectivity index (χ0) is 13.2. The second kappa shape index (κ2) is 9.76. The van der Waals surface area contributed by atoms with E-state index in [2.05, 4.69) is 31.0 Å². The molecule has 1 fully saturated rings. The largest absolute Gasteiger partial charge is 0.381 e. The lowest BCUT2D eigenvalue weighted by Crippen LogP contribution is -2.51. The SMILES string of the molecule is CCCCOCCCN1CCNC(CC(C)C)C1. The standard InChI is InChI=1S/C15H32N2O/c1-4-5-10-18-11-6-8-17-9-7-16-15(13-17)12-14(2)3/h14-16H,4-13H2,1-3H3. The molecule has 1 rings (SSSR count). The second-order valence-corrected chi connectivity index (χ2v) is 5.90. The van der Waals surface area contributed by atoms with Crippen molar-refractivity contribution in [1.29, 1.82) is 0 Å². The van der Waals surface area contributed by atoms with Crippen molar-refractivity contribution in [3.05, 3.63) is 0 Å². The van der Waals surface area contributed by atoms with Gasteiger partial charge in [0, 0.05) is 45.4 Å². The quantitative estimate of drug-likeness (QED) is 0.642. The molecule has 0 bridgehead atoms. The molecule has 1 aliphatic heterocycles. The molecule has 3 heteroatoms. The first-order valence-corrected chi connectivity index (χ1v) is 7.75. The number of rotatable bonds is 9. The monoisotopic (exact) mass is 256 g/mol. The maximum absolute atomic E-state index is 5.61. The summed E-state index contributed by atoms with van der Waals surface area (Å²) in [5, 5.41) is 3.63. The summed E-state index contributed by atoms with van der Waals surface area (Å²) < 4.78 is 5.61. The molecular formula is C15H32N2O. The van der Waals surface area contributed by atoms with Gasteiger partial charge in [-0.05, 0) is 25.2 Å². The lowest BCUT2D eigenvalue weighted by Gasteiger charge is -2.34. The molecule has 1 aliphatic rings. The van der Waals surface area contributed by atoms with Crippen LogP contribution in [-0.2, 0) is 4.74 Å². The van der Waals surface area contributed by atoms with E-state index in [1.165, 1.54) is 45.3 Å². The summed E-state index contributed by atoms with van der Waals surface area (Å²) in [4.78, 5) is 2.59. The van der Waals surface area contributed by atoms with Gasteiger partial charge in [-0.3, -0.25) is 0 Å². The molecule has 1 unspecified atom stereocenters. The van der Waals surface area contributed by atoms with Crippen LogP contribution in [0.3, 0.4) is 0 Å². The highest BCUT2D eigenvalue weighted by Gasteiger charge is 2.19. The van der Waals surface area contributed by atoms with Gasteiger partial charge in [-0.2, -0.15) is 0 Å². The molecule has 1 saturated heterocycles. The van der Waals surface area contributed by atoms with Crippen molar-refractivity contribution >= 4 is 0 Å². The third kappa shape index (κ3) is 7.34. The summed E-state index contributed by atoms with van der Waals surface area (Å²) in [5.74, 6) is 0.792. The van der Waals surface area contributed by atoms with Crippen molar-refractivity contribution in [3.8, 4) is 0 Å². The normalized spacial score (nSPS) is 21.7. The Labute approximate surface area is 113 Å². The zero-order valence-electron chi connectivity index (χ0n) is 12.6. The fraction of sp³-hybridized carbons (Fsp3) is 1.00. The molecule has 0 aromatic carbocycles. The summed E-state index contributed by atoms with van der Waals surface area (Å²) in [7, 11) is 0. The minimum Gasteiger partial charge on any atom is -0.381 e. The molecule has 0 aliphatic carbocycles. The summed E-state index contributed by atoms with van der Waals surface area (Å²) in [5.41, 5.74) is 0. The van der Waals surface area contributed by atoms with Crippen molar-refractivity contribution in [1.82, 2.24) is 10.2 Å². The van der Waals surface area contributed by atoms with Crippen LogP contribution < -0.4 is 5.32 Å². The molecule has 0 saturated carbocycles. The predicted molar refractivity (Wildman–Crippen MR) is 78.0 cm³/mol. The van der Waals surface area contributed by atoms with Crippen molar-refractivity contribution in [2.75, 3.05) is 39.4 Å². The Hall–Kier alpha value is -0.120. The number of nitrogens with one attached hydrogen (secondary N) is 1. The first kappa shape index (κ1) is 15.9. The van der Waals surface area contributed by atoms with E-state index in [4.69, 9.17) is 4.74 Å². The van der Waals surface area contributed by atoms with Gasteiger partial charge in [0.05, 0.1) is 0 Å². The van der Waals surface area contributed by atoms with E-state index in [0.717, 1.165) is 25.7 Å². The third-order valence-electron chi connectivity index (χ3n) is 3.50. The molecule has 108 valence electrons. The van der Waals surface area contributed by atoms with Crippen molar-refractivity contribution in [2.45, 2.75) is 52.5 Å². The fourth-order valence-electron chi connectivity index (χ4n) is 2.56. The number of hydrogen-bond acceptors (Lipinski definition) is 3. The fourth-order valence-corrected chi connectivity index (χ4v) is 2.56. The van der Waals surface area contributed by atoms with Gasteiger partial charge < -0.3 is 15.0 Å². The van der Waals surface area contributed by atoms with Crippen LogP contribution in [-0.4, -0.2) is 50.3 Å². The first-order chi connectivity index (χ1) is 8.72. The Balaban J connectivity index is 2.03. The van der Waals surface area contributed by atoms with E-state index in [9.17, 15) is 0 Å². The van der Waals surface area contributed by atoms with E-state index in [1.54, 1.807) is 0 Å². The molecular weight excluding hydrogens is 224 g/mol. The Kier molecular flexibility index (Phi) is 8.64. The van der Waals surface area contributed by atoms with E-state index < -0.39 is 0 Å². The molecule has 0 radical (unpaired) electrons. The van der Waals surface area contributed by atoms with Gasteiger partial charge in [0.15, 0.2) is 0 Å². The minimum absolute atomic E-state index is 0.694. The van der Waals surface area contributed by atoms with Crippen LogP contribution in [0.1, 0.15) is 46.5 Å². The third-order valence-corrected chi connectivity index (χ3v) is 3.50. The molecule has 3 nitrogen and oxygen atoms in total. The molecule has 0 aromatic rings. The van der Waals surface area contributed by atoms with Crippen LogP contribution >= 0.6 is 0 Å². The number of nitrogens with zero attached hydrogens (tertiary/aromatic N) is 1. The number of hydrogen-bond donors (Lipinski definition) is 1. The van der Waals surface area contributed by atoms with Gasteiger partial charge in [0.2, 0.25) is 0 Å². The zero-order valence-corrected chi connectivity index (χ0v) is 12.6. The van der Waals surface area contributed by atoms with Crippen LogP contribution in [0.15, 0.2) is 0 Å². The Morgan fingerprint density at radius 2 is 2.06 bits per heavy atom. The van der Waals surface area contributed by atoms with Crippen LogP contribution in [0.2, 0.25) is 0 Å². The smallest absolute Gasteiger partial charge is 0.0478 e. The van der Waals surface area contributed by atoms with Crippen molar-refractivity contribution in [2.24, 2.45) is 5.92 Å². The van der Waals surface area contributed by atoms with Crippen LogP contribution in [0, 0.1) is 5.92 Å². The second-order valence-electron chi connectivity index (χ2n) is 5.90. The number of ether oxygens (including phenoxy) is 1. The molecule has 0 spiro atoms. The van der Waals surface area contributed by atoms with Crippen molar-refractivity contribution in [3.63, 3.8) is 0 Å². The predicted octanol–water partition coefficient (Wildman–Crippen LogP) is 2.51. The molecule has 18 heavy (non-hydrogen) atoms. The first-order valence-electron chi connectivity index (χ1n) is 7.75. The average molecular weight is 256 g/mol. The maximum atomic E-state index is 5.61. The molecule has 0 aromatic heterocycles. The molecule has 1 N–H and O–H groups in total. The van der Waals surface area contributed by atoms with Crippen LogP contribution in [0.25, 0.3) is 0 Å². The summed E-state index contributed by atoms with van der Waals surface area (Å²) >= 11 is 0. The molecule has 1 atom stereocenters. The van der Waals surface area contributed by atoms with E-state index >= 15 is 0 Å². The van der Waals surface area contributed by atoms with Crippen LogP contribution in [0.5, 0.6) is 0 Å². The summed E-state index contributed by atoms with van der Waals surface area (Å²) in [6.07, 6.45) is 4.90. The van der Waals surface area contributed by atoms with Gasteiger partial charge in [-0.15, -0.1) is 0 Å². The highest BCUT2D eigenvalue weighted by atomic mass is 16.5. The Morgan fingerprint density at radius 1 is 1.28 bits per heavy atom. The van der Waals surface area contributed by atoms with Gasteiger partial charge >= 0.3 is 0 Å². The number of unbranched alkanes of at least 4 members (excludes halogenated alkanes) is 1. The minimum atomic E-state index is 0.694. The topological polar surface area (TPSA) is 24.5 Å². The molecule has 0 amide bonds. The van der Waals surface area contributed by atoms with Gasteiger partial charge in [0.25, 0.3) is 0 Å².